The number of benzene rings is 1. The van der Waals surface area contributed by atoms with Gasteiger partial charge in [-0.15, -0.1) is 0 Å². The van der Waals surface area contributed by atoms with Crippen molar-refractivity contribution < 1.29 is 28.7 Å². The molecule has 0 aromatic heterocycles. The molecule has 9 heteroatoms. The van der Waals surface area contributed by atoms with Gasteiger partial charge in [0, 0.05) is 12.6 Å². The Labute approximate surface area is 185 Å². The highest BCUT2D eigenvalue weighted by Crippen LogP contribution is 2.32. The molecule has 2 heterocycles. The maximum atomic E-state index is 12.7. The molecule has 0 saturated carbocycles. The number of esters is 1. The number of amides is 3. The van der Waals surface area contributed by atoms with Gasteiger partial charge in [0.1, 0.15) is 12.3 Å². The van der Waals surface area contributed by atoms with E-state index in [0.717, 1.165) is 35.9 Å². The summed E-state index contributed by atoms with van der Waals surface area (Å²) in [6.45, 7) is 4.25. The third-order valence-electron chi connectivity index (χ3n) is 5.13. The van der Waals surface area contributed by atoms with E-state index in [-0.39, 0.29) is 30.0 Å². The molecule has 1 aromatic rings. The number of thioether (sulfide) groups is 1. The first-order valence-electron chi connectivity index (χ1n) is 10.3. The van der Waals surface area contributed by atoms with Gasteiger partial charge in [0.15, 0.2) is 6.61 Å². The van der Waals surface area contributed by atoms with Gasteiger partial charge >= 0.3 is 5.97 Å². The molecule has 2 aliphatic heterocycles. The van der Waals surface area contributed by atoms with Gasteiger partial charge in [-0.25, -0.2) is 4.79 Å². The van der Waals surface area contributed by atoms with Gasteiger partial charge < -0.3 is 14.4 Å². The Morgan fingerprint density at radius 1 is 1.19 bits per heavy atom. The Bertz CT molecular complexity index is 882. The van der Waals surface area contributed by atoms with Crippen LogP contribution in [0.25, 0.3) is 6.08 Å². The summed E-state index contributed by atoms with van der Waals surface area (Å²) in [6, 6.07) is 6.89. The fourth-order valence-corrected chi connectivity index (χ4v) is 4.33. The van der Waals surface area contributed by atoms with Crippen LogP contribution in [-0.4, -0.2) is 65.2 Å². The maximum absolute atomic E-state index is 12.7. The lowest BCUT2D eigenvalue weighted by molar-refractivity contribution is -0.145. The van der Waals surface area contributed by atoms with Crippen LogP contribution in [0.5, 0.6) is 5.75 Å². The minimum Gasteiger partial charge on any atom is -0.482 e. The molecule has 3 amide bonds. The van der Waals surface area contributed by atoms with Gasteiger partial charge in [0.25, 0.3) is 11.1 Å². The minimum absolute atomic E-state index is 0.126. The SMILES string of the molecule is CCOC(=O)COc1ccc(/C=C2\SC(=O)N(CC(=O)N3CCCC[C@H]3C)C2=O)cc1. The molecule has 8 nitrogen and oxygen atoms in total. The summed E-state index contributed by atoms with van der Waals surface area (Å²) >= 11 is 0.825. The number of carbonyl (C=O) groups is 4. The van der Waals surface area contributed by atoms with E-state index in [2.05, 4.69) is 0 Å². The van der Waals surface area contributed by atoms with Gasteiger partial charge in [0.05, 0.1) is 11.5 Å². The van der Waals surface area contributed by atoms with Crippen molar-refractivity contribution in [1.29, 1.82) is 0 Å². The summed E-state index contributed by atoms with van der Waals surface area (Å²) in [7, 11) is 0. The highest BCUT2D eigenvalue weighted by Gasteiger charge is 2.37. The molecule has 2 aliphatic rings. The third kappa shape index (κ3) is 5.88. The molecule has 1 aromatic carbocycles. The van der Waals surface area contributed by atoms with Crippen LogP contribution in [0.1, 0.15) is 38.7 Å². The Morgan fingerprint density at radius 2 is 1.94 bits per heavy atom. The molecular weight excluding hydrogens is 420 g/mol. The number of hydrogen-bond donors (Lipinski definition) is 0. The predicted octanol–water partition coefficient (Wildman–Crippen LogP) is 3.07. The summed E-state index contributed by atoms with van der Waals surface area (Å²) in [6.07, 6.45) is 4.57. The van der Waals surface area contributed by atoms with Crippen LogP contribution in [0.15, 0.2) is 29.2 Å². The summed E-state index contributed by atoms with van der Waals surface area (Å²) in [5.41, 5.74) is 0.699. The second-order valence-corrected chi connectivity index (χ2v) is 8.36. The Morgan fingerprint density at radius 3 is 2.61 bits per heavy atom. The van der Waals surface area contributed by atoms with Crippen LogP contribution in [0.4, 0.5) is 4.79 Å². The molecule has 2 saturated heterocycles. The fourth-order valence-electron chi connectivity index (χ4n) is 3.49. The average molecular weight is 447 g/mol. The monoisotopic (exact) mass is 446 g/mol. The number of nitrogens with zero attached hydrogens (tertiary/aromatic N) is 2. The largest absolute Gasteiger partial charge is 0.482 e. The maximum Gasteiger partial charge on any atom is 0.344 e. The number of ether oxygens (including phenoxy) is 2. The van der Waals surface area contributed by atoms with E-state index >= 15 is 0 Å². The van der Waals surface area contributed by atoms with Crippen LogP contribution >= 0.6 is 11.8 Å². The second kappa shape index (κ2) is 10.5. The zero-order chi connectivity index (χ0) is 22.4. The third-order valence-corrected chi connectivity index (χ3v) is 6.04. The Balaban J connectivity index is 1.60. The summed E-state index contributed by atoms with van der Waals surface area (Å²) < 4.78 is 10.1. The van der Waals surface area contributed by atoms with E-state index < -0.39 is 17.1 Å². The Kier molecular flexibility index (Phi) is 7.73. The molecule has 0 radical (unpaired) electrons. The van der Waals surface area contributed by atoms with Gasteiger partial charge in [-0.2, -0.15) is 0 Å². The van der Waals surface area contributed by atoms with Crippen molar-refractivity contribution >= 4 is 40.9 Å². The topological polar surface area (TPSA) is 93.2 Å². The van der Waals surface area contributed by atoms with Gasteiger partial charge in [-0.05, 0) is 68.6 Å². The molecule has 3 rings (SSSR count). The molecule has 0 N–H and O–H groups in total. The fraction of sp³-hybridized carbons (Fsp3) is 0.455. The van der Waals surface area contributed by atoms with E-state index in [4.69, 9.17) is 9.47 Å². The van der Waals surface area contributed by atoms with E-state index in [1.165, 1.54) is 0 Å². The minimum atomic E-state index is -0.462. The lowest BCUT2D eigenvalue weighted by atomic mass is 10.0. The lowest BCUT2D eigenvalue weighted by Gasteiger charge is -2.34. The van der Waals surface area contributed by atoms with Crippen LogP contribution in [0.3, 0.4) is 0 Å². The zero-order valence-corrected chi connectivity index (χ0v) is 18.5. The molecular formula is C22H26N2O6S. The smallest absolute Gasteiger partial charge is 0.344 e. The molecule has 0 spiro atoms. The summed E-state index contributed by atoms with van der Waals surface area (Å²) in [5, 5.41) is -0.441. The normalized spacial score (nSPS) is 20.3. The number of piperidine rings is 1. The Hall–Kier alpha value is -2.81. The summed E-state index contributed by atoms with van der Waals surface area (Å²) in [4.78, 5) is 52.0. The number of likely N-dealkylation sites (tertiary alicyclic amines) is 1. The standard InChI is InChI=1S/C22H26N2O6S/c1-3-29-20(26)14-30-17-9-7-16(8-10-17)12-18-21(27)24(22(28)31-18)13-19(25)23-11-5-4-6-15(23)2/h7-10,12,15H,3-6,11,13-14H2,1-2H3/b18-12-/t15-/m1/s1. The van der Waals surface area contributed by atoms with Crippen molar-refractivity contribution in [3.8, 4) is 5.75 Å². The first-order valence-corrected chi connectivity index (χ1v) is 11.1. The van der Waals surface area contributed by atoms with Crippen LogP contribution in [0, 0.1) is 0 Å². The number of hydrogen-bond acceptors (Lipinski definition) is 7. The van der Waals surface area contributed by atoms with Crippen molar-refractivity contribution in [3.63, 3.8) is 0 Å². The lowest BCUT2D eigenvalue weighted by Crippen LogP contribution is -2.47. The molecule has 166 valence electrons. The van der Waals surface area contributed by atoms with Crippen molar-refractivity contribution in [2.75, 3.05) is 26.3 Å². The van der Waals surface area contributed by atoms with Crippen LogP contribution in [-0.2, 0) is 19.1 Å². The second-order valence-electron chi connectivity index (χ2n) is 7.36. The van der Waals surface area contributed by atoms with Crippen LogP contribution < -0.4 is 4.74 Å². The molecule has 0 bridgehead atoms. The quantitative estimate of drug-likeness (QED) is 0.469. The van der Waals surface area contributed by atoms with Crippen molar-refractivity contribution in [2.45, 2.75) is 39.2 Å². The van der Waals surface area contributed by atoms with E-state index in [1.54, 1.807) is 42.2 Å². The van der Waals surface area contributed by atoms with Gasteiger partial charge in [-0.3, -0.25) is 19.3 Å². The molecule has 0 aliphatic carbocycles. The summed E-state index contributed by atoms with van der Waals surface area (Å²) in [5.74, 6) is -0.622. The first-order chi connectivity index (χ1) is 14.9. The molecule has 2 fully saturated rings. The number of imide groups is 1. The highest BCUT2D eigenvalue weighted by atomic mass is 32.2. The average Bonchev–Trinajstić information content (AvgIpc) is 3.01. The number of carbonyl (C=O) groups excluding carboxylic acids is 4. The van der Waals surface area contributed by atoms with Crippen molar-refractivity contribution in [3.05, 3.63) is 34.7 Å². The molecule has 0 unspecified atom stereocenters. The molecule has 31 heavy (non-hydrogen) atoms. The van der Waals surface area contributed by atoms with Crippen LogP contribution in [0.2, 0.25) is 0 Å². The first kappa shape index (κ1) is 22.9. The van der Waals surface area contributed by atoms with Gasteiger partial charge in [-0.1, -0.05) is 12.1 Å². The molecule has 1 atom stereocenters. The van der Waals surface area contributed by atoms with E-state index in [9.17, 15) is 19.2 Å². The van der Waals surface area contributed by atoms with Crippen molar-refractivity contribution in [2.24, 2.45) is 0 Å². The highest BCUT2D eigenvalue weighted by molar-refractivity contribution is 8.18. The van der Waals surface area contributed by atoms with E-state index in [0.29, 0.717) is 24.5 Å². The van der Waals surface area contributed by atoms with Gasteiger partial charge in [0.2, 0.25) is 5.91 Å². The number of rotatable bonds is 7. The van der Waals surface area contributed by atoms with E-state index in [1.807, 2.05) is 6.92 Å². The van der Waals surface area contributed by atoms with Crippen molar-refractivity contribution in [1.82, 2.24) is 9.80 Å². The predicted molar refractivity (Wildman–Crippen MR) is 116 cm³/mol. The zero-order valence-electron chi connectivity index (χ0n) is 17.7.